The van der Waals surface area contributed by atoms with Crippen molar-refractivity contribution in [3.8, 4) is 0 Å². The largest absolute Gasteiger partial charge is 0.481 e. The first-order chi connectivity index (χ1) is 8.56. The minimum absolute atomic E-state index is 0.0578. The van der Waals surface area contributed by atoms with Gasteiger partial charge in [0.25, 0.3) is 5.91 Å². The minimum Gasteiger partial charge on any atom is -0.481 e. The van der Waals surface area contributed by atoms with Crippen molar-refractivity contribution in [1.29, 1.82) is 0 Å². The van der Waals surface area contributed by atoms with Crippen LogP contribution < -0.4 is 5.32 Å². The number of carboxylic acids is 1. The summed E-state index contributed by atoms with van der Waals surface area (Å²) in [5.74, 6) is -1.33. The highest BCUT2D eigenvalue weighted by Gasteiger charge is 2.30. The van der Waals surface area contributed by atoms with Gasteiger partial charge in [-0.05, 0) is 41.3 Å². The van der Waals surface area contributed by atoms with E-state index >= 15 is 0 Å². The van der Waals surface area contributed by atoms with Crippen LogP contribution in [0.4, 0.5) is 0 Å². The molecule has 0 saturated heterocycles. The van der Waals surface area contributed by atoms with E-state index in [0.717, 1.165) is 4.47 Å². The number of aromatic nitrogens is 1. The number of aliphatic carboxylic acids is 1. The lowest BCUT2D eigenvalue weighted by Crippen LogP contribution is -2.33. The summed E-state index contributed by atoms with van der Waals surface area (Å²) in [5.41, 5.74) is 0.475. The van der Waals surface area contributed by atoms with E-state index in [2.05, 4.69) is 26.2 Å². The van der Waals surface area contributed by atoms with Crippen molar-refractivity contribution in [1.82, 2.24) is 10.3 Å². The Bertz CT molecular complexity index is 478. The second-order valence-electron chi connectivity index (χ2n) is 4.41. The number of amides is 1. The predicted octanol–water partition coefficient (Wildman–Crippen LogP) is 1.83. The number of nitrogens with one attached hydrogen (secondary N) is 1. The predicted molar refractivity (Wildman–Crippen MR) is 68.2 cm³/mol. The van der Waals surface area contributed by atoms with Crippen LogP contribution in [0.5, 0.6) is 0 Å². The smallest absolute Gasteiger partial charge is 0.306 e. The molecule has 1 fully saturated rings. The van der Waals surface area contributed by atoms with Gasteiger partial charge in [-0.25, -0.2) is 0 Å². The summed E-state index contributed by atoms with van der Waals surface area (Å²) in [6.45, 7) is 0. The lowest BCUT2D eigenvalue weighted by Gasteiger charge is -2.12. The van der Waals surface area contributed by atoms with Gasteiger partial charge in [-0.2, -0.15) is 0 Å². The molecule has 1 aromatic rings. The van der Waals surface area contributed by atoms with E-state index in [1.165, 1.54) is 6.20 Å². The molecule has 2 atom stereocenters. The molecular weight excluding hydrogens is 300 g/mol. The van der Waals surface area contributed by atoms with Gasteiger partial charge in [0.05, 0.1) is 11.5 Å². The molecule has 0 unspecified atom stereocenters. The van der Waals surface area contributed by atoms with Gasteiger partial charge in [-0.1, -0.05) is 0 Å². The van der Waals surface area contributed by atoms with E-state index in [1.54, 1.807) is 12.3 Å². The number of hydrogen-bond donors (Lipinski definition) is 2. The second kappa shape index (κ2) is 5.48. The molecule has 18 heavy (non-hydrogen) atoms. The van der Waals surface area contributed by atoms with Crippen LogP contribution in [-0.2, 0) is 4.79 Å². The molecule has 1 aliphatic rings. The zero-order valence-electron chi connectivity index (χ0n) is 9.60. The van der Waals surface area contributed by atoms with E-state index in [0.29, 0.717) is 24.8 Å². The van der Waals surface area contributed by atoms with Crippen molar-refractivity contribution in [2.75, 3.05) is 0 Å². The summed E-state index contributed by atoms with van der Waals surface area (Å²) >= 11 is 3.25. The monoisotopic (exact) mass is 312 g/mol. The van der Waals surface area contributed by atoms with Crippen LogP contribution in [0.25, 0.3) is 0 Å². The zero-order valence-corrected chi connectivity index (χ0v) is 11.2. The number of halogens is 1. The Hall–Kier alpha value is -1.43. The fourth-order valence-electron chi connectivity index (χ4n) is 2.14. The number of nitrogens with zero attached hydrogens (tertiary/aromatic N) is 1. The number of carbonyl (C=O) groups excluding carboxylic acids is 1. The summed E-state index contributed by atoms with van der Waals surface area (Å²) in [4.78, 5) is 26.6. The molecule has 1 saturated carbocycles. The third-order valence-electron chi connectivity index (χ3n) is 3.08. The molecule has 2 rings (SSSR count). The first-order valence-corrected chi connectivity index (χ1v) is 6.50. The Morgan fingerprint density at radius 1 is 1.39 bits per heavy atom. The SMILES string of the molecule is O=C(N[C@H]1CC[C@@H](C(=O)O)C1)c1cncc(Br)c1. The van der Waals surface area contributed by atoms with Crippen LogP contribution in [0.15, 0.2) is 22.9 Å². The van der Waals surface area contributed by atoms with Gasteiger partial charge in [-0.15, -0.1) is 0 Å². The Labute approximate surface area is 113 Å². The first kappa shape index (κ1) is 13.0. The fourth-order valence-corrected chi connectivity index (χ4v) is 2.51. The maximum Gasteiger partial charge on any atom is 0.306 e. The van der Waals surface area contributed by atoms with Crippen LogP contribution >= 0.6 is 15.9 Å². The lowest BCUT2D eigenvalue weighted by molar-refractivity contribution is -0.141. The van der Waals surface area contributed by atoms with Gasteiger partial charge in [0.15, 0.2) is 0 Å². The highest BCUT2D eigenvalue weighted by atomic mass is 79.9. The average Bonchev–Trinajstić information content (AvgIpc) is 2.77. The van der Waals surface area contributed by atoms with Crippen molar-refractivity contribution >= 4 is 27.8 Å². The van der Waals surface area contributed by atoms with Crippen molar-refractivity contribution in [2.45, 2.75) is 25.3 Å². The second-order valence-corrected chi connectivity index (χ2v) is 5.33. The van der Waals surface area contributed by atoms with Gasteiger partial charge in [-0.3, -0.25) is 14.6 Å². The number of pyridine rings is 1. The van der Waals surface area contributed by atoms with Crippen LogP contribution in [0.2, 0.25) is 0 Å². The molecule has 0 spiro atoms. The van der Waals surface area contributed by atoms with Gasteiger partial charge < -0.3 is 10.4 Å². The van der Waals surface area contributed by atoms with Crippen molar-refractivity contribution in [3.05, 3.63) is 28.5 Å². The van der Waals surface area contributed by atoms with Crippen LogP contribution in [0.3, 0.4) is 0 Å². The van der Waals surface area contributed by atoms with E-state index < -0.39 is 5.97 Å². The molecule has 1 heterocycles. The molecule has 1 amide bonds. The number of rotatable bonds is 3. The number of hydrogen-bond acceptors (Lipinski definition) is 3. The highest BCUT2D eigenvalue weighted by Crippen LogP contribution is 2.25. The zero-order chi connectivity index (χ0) is 13.1. The molecule has 6 heteroatoms. The summed E-state index contributed by atoms with van der Waals surface area (Å²) < 4.78 is 0.741. The van der Waals surface area contributed by atoms with Crippen LogP contribution in [-0.4, -0.2) is 28.0 Å². The number of carbonyl (C=O) groups is 2. The minimum atomic E-state index is -0.782. The molecule has 1 aliphatic carbocycles. The Morgan fingerprint density at radius 2 is 2.17 bits per heavy atom. The molecule has 96 valence electrons. The van der Waals surface area contributed by atoms with E-state index in [1.807, 2.05) is 0 Å². The maximum absolute atomic E-state index is 11.9. The molecule has 5 nitrogen and oxygen atoms in total. The van der Waals surface area contributed by atoms with E-state index in [9.17, 15) is 9.59 Å². The molecule has 1 aromatic heterocycles. The molecule has 0 radical (unpaired) electrons. The third-order valence-corrected chi connectivity index (χ3v) is 3.52. The van der Waals surface area contributed by atoms with Gasteiger partial charge in [0, 0.05) is 22.9 Å². The normalized spacial score (nSPS) is 22.7. The van der Waals surface area contributed by atoms with Crippen molar-refractivity contribution < 1.29 is 14.7 Å². The Kier molecular flexibility index (Phi) is 3.96. The van der Waals surface area contributed by atoms with Crippen molar-refractivity contribution in [3.63, 3.8) is 0 Å². The maximum atomic E-state index is 11.9. The lowest BCUT2D eigenvalue weighted by atomic mass is 10.1. The molecule has 0 aromatic carbocycles. The molecular formula is C12H13BrN2O3. The molecule has 0 aliphatic heterocycles. The number of carboxylic acid groups (broad SMARTS) is 1. The summed E-state index contributed by atoms with van der Waals surface area (Å²) in [6.07, 6.45) is 4.93. The standard InChI is InChI=1S/C12H13BrN2O3/c13-9-3-8(5-14-6-9)11(16)15-10-2-1-7(4-10)12(17)18/h3,5-7,10H,1-2,4H2,(H,15,16)(H,17,18)/t7-,10+/m1/s1. The van der Waals surface area contributed by atoms with E-state index in [4.69, 9.17) is 5.11 Å². The highest BCUT2D eigenvalue weighted by molar-refractivity contribution is 9.10. The first-order valence-electron chi connectivity index (χ1n) is 5.70. The quantitative estimate of drug-likeness (QED) is 0.892. The molecule has 2 N–H and O–H groups in total. The van der Waals surface area contributed by atoms with Crippen LogP contribution in [0.1, 0.15) is 29.6 Å². The summed E-state index contributed by atoms with van der Waals surface area (Å²) in [5, 5.41) is 11.7. The topological polar surface area (TPSA) is 79.3 Å². The van der Waals surface area contributed by atoms with Gasteiger partial charge in [0.1, 0.15) is 0 Å². The summed E-state index contributed by atoms with van der Waals surface area (Å²) in [6, 6.07) is 1.63. The fraction of sp³-hybridized carbons (Fsp3) is 0.417. The Balaban J connectivity index is 1.95. The van der Waals surface area contributed by atoms with E-state index in [-0.39, 0.29) is 17.9 Å². The Morgan fingerprint density at radius 3 is 2.78 bits per heavy atom. The van der Waals surface area contributed by atoms with Crippen LogP contribution in [0, 0.1) is 5.92 Å². The van der Waals surface area contributed by atoms with Crippen molar-refractivity contribution in [2.24, 2.45) is 5.92 Å². The summed E-state index contributed by atoms with van der Waals surface area (Å²) in [7, 11) is 0. The van der Waals surface area contributed by atoms with Gasteiger partial charge in [0.2, 0.25) is 0 Å². The average molecular weight is 313 g/mol. The van der Waals surface area contributed by atoms with Gasteiger partial charge >= 0.3 is 5.97 Å². The molecule has 0 bridgehead atoms. The third kappa shape index (κ3) is 3.07.